The molecule has 0 spiro atoms. The zero-order chi connectivity index (χ0) is 22.5. The number of benzene rings is 2. The second-order valence-corrected chi connectivity index (χ2v) is 8.61. The smallest absolute Gasteiger partial charge is 0.255 e. The zero-order valence-corrected chi connectivity index (χ0v) is 19.0. The number of ketones is 1. The maximum atomic E-state index is 12.5. The van der Waals surface area contributed by atoms with Crippen LogP contribution in [-0.2, 0) is 12.8 Å². The highest BCUT2D eigenvalue weighted by Gasteiger charge is 2.28. The first-order chi connectivity index (χ1) is 15.6. The molecular weight excluding hydrogens is 400 g/mol. The Bertz CT molecular complexity index is 1030. The van der Waals surface area contributed by atoms with Gasteiger partial charge in [-0.1, -0.05) is 37.3 Å². The van der Waals surface area contributed by atoms with Crippen LogP contribution in [-0.4, -0.2) is 49.4 Å². The van der Waals surface area contributed by atoms with Crippen molar-refractivity contribution < 1.29 is 14.3 Å². The molecule has 0 saturated carbocycles. The van der Waals surface area contributed by atoms with Crippen LogP contribution < -0.4 is 10.1 Å². The van der Waals surface area contributed by atoms with Gasteiger partial charge in [0, 0.05) is 24.7 Å². The van der Waals surface area contributed by atoms with Crippen LogP contribution >= 0.6 is 0 Å². The fourth-order valence-corrected chi connectivity index (χ4v) is 5.02. The summed E-state index contributed by atoms with van der Waals surface area (Å²) in [5, 5.41) is 3.03. The molecule has 0 radical (unpaired) electrons. The lowest BCUT2D eigenvalue weighted by Gasteiger charge is -2.35. The number of ether oxygens (including phenoxy) is 1. The van der Waals surface area contributed by atoms with Crippen LogP contribution in [0.1, 0.15) is 63.6 Å². The predicted molar refractivity (Wildman–Crippen MR) is 127 cm³/mol. The van der Waals surface area contributed by atoms with E-state index >= 15 is 0 Å². The van der Waals surface area contributed by atoms with Crippen LogP contribution in [0.2, 0.25) is 0 Å². The van der Waals surface area contributed by atoms with Crippen molar-refractivity contribution in [3.8, 4) is 5.75 Å². The van der Waals surface area contributed by atoms with Gasteiger partial charge < -0.3 is 10.1 Å². The van der Waals surface area contributed by atoms with Crippen molar-refractivity contribution in [3.63, 3.8) is 0 Å². The Hall–Kier alpha value is -2.92. The minimum Gasteiger partial charge on any atom is -0.496 e. The fourth-order valence-electron chi connectivity index (χ4n) is 5.02. The van der Waals surface area contributed by atoms with E-state index in [0.29, 0.717) is 23.9 Å². The molecule has 5 heteroatoms. The SMILES string of the molecule is CCCN(CCCNC(=O)c1ccccc1OC)C1CCc2c(ccc3c2C(=O)C=C3)C1. The third kappa shape index (κ3) is 4.63. The summed E-state index contributed by atoms with van der Waals surface area (Å²) in [4.78, 5) is 27.4. The van der Waals surface area contributed by atoms with Gasteiger partial charge in [0.1, 0.15) is 5.75 Å². The van der Waals surface area contributed by atoms with Gasteiger partial charge in [0.25, 0.3) is 5.91 Å². The van der Waals surface area contributed by atoms with Crippen molar-refractivity contribution in [2.75, 3.05) is 26.7 Å². The number of carbonyl (C=O) groups excluding carboxylic acids is 2. The summed E-state index contributed by atoms with van der Waals surface area (Å²) in [5.74, 6) is 0.661. The number of nitrogens with one attached hydrogen (secondary N) is 1. The number of para-hydroxylation sites is 1. The summed E-state index contributed by atoms with van der Waals surface area (Å²) >= 11 is 0. The van der Waals surface area contributed by atoms with Crippen molar-refractivity contribution in [2.24, 2.45) is 0 Å². The van der Waals surface area contributed by atoms with Gasteiger partial charge in [-0.25, -0.2) is 0 Å². The molecule has 5 nitrogen and oxygen atoms in total. The Morgan fingerprint density at radius 1 is 1.16 bits per heavy atom. The molecule has 1 N–H and O–H groups in total. The van der Waals surface area contributed by atoms with Gasteiger partial charge in [-0.15, -0.1) is 0 Å². The molecule has 32 heavy (non-hydrogen) atoms. The summed E-state index contributed by atoms with van der Waals surface area (Å²) in [6.07, 6.45) is 8.65. The van der Waals surface area contributed by atoms with E-state index in [-0.39, 0.29) is 11.7 Å². The van der Waals surface area contributed by atoms with Crippen molar-refractivity contribution in [2.45, 2.75) is 45.1 Å². The van der Waals surface area contributed by atoms with Crippen molar-refractivity contribution in [1.29, 1.82) is 0 Å². The summed E-state index contributed by atoms with van der Waals surface area (Å²) < 4.78 is 5.29. The van der Waals surface area contributed by atoms with Crippen LogP contribution in [0.4, 0.5) is 0 Å². The molecule has 2 aliphatic carbocycles. The van der Waals surface area contributed by atoms with E-state index in [4.69, 9.17) is 4.74 Å². The van der Waals surface area contributed by atoms with Crippen LogP contribution in [0.25, 0.3) is 6.08 Å². The number of methoxy groups -OCH3 is 1. The maximum absolute atomic E-state index is 12.5. The number of hydrogen-bond donors (Lipinski definition) is 1. The van der Waals surface area contributed by atoms with Crippen LogP contribution in [0, 0.1) is 0 Å². The maximum Gasteiger partial charge on any atom is 0.255 e. The number of amides is 1. The van der Waals surface area contributed by atoms with E-state index < -0.39 is 0 Å². The van der Waals surface area contributed by atoms with Gasteiger partial charge in [0.15, 0.2) is 5.78 Å². The van der Waals surface area contributed by atoms with Gasteiger partial charge >= 0.3 is 0 Å². The quantitative estimate of drug-likeness (QED) is 0.601. The molecule has 0 aliphatic heterocycles. The average Bonchev–Trinajstić information content (AvgIpc) is 3.21. The molecule has 2 aliphatic rings. The monoisotopic (exact) mass is 432 g/mol. The molecule has 0 fully saturated rings. The molecular formula is C27H32N2O3. The first kappa shape index (κ1) is 22.3. The van der Waals surface area contributed by atoms with Crippen LogP contribution in [0.3, 0.4) is 0 Å². The number of rotatable bonds is 9. The molecule has 0 saturated heterocycles. The van der Waals surface area contributed by atoms with Crippen molar-refractivity contribution in [3.05, 3.63) is 70.3 Å². The van der Waals surface area contributed by atoms with Gasteiger partial charge in [-0.05, 0) is 73.5 Å². The lowest BCUT2D eigenvalue weighted by atomic mass is 9.83. The fraction of sp³-hybridized carbons (Fsp3) is 0.407. The van der Waals surface area contributed by atoms with Crippen molar-refractivity contribution >= 4 is 17.8 Å². The largest absolute Gasteiger partial charge is 0.496 e. The first-order valence-corrected chi connectivity index (χ1v) is 11.6. The van der Waals surface area contributed by atoms with Gasteiger partial charge in [0.05, 0.1) is 12.7 Å². The average molecular weight is 433 g/mol. The van der Waals surface area contributed by atoms with Crippen molar-refractivity contribution in [1.82, 2.24) is 10.2 Å². The molecule has 2 aromatic rings. The molecule has 4 rings (SSSR count). The molecule has 1 unspecified atom stereocenters. The molecule has 168 valence electrons. The van der Waals surface area contributed by atoms with E-state index in [9.17, 15) is 9.59 Å². The van der Waals surface area contributed by atoms with Crippen LogP contribution in [0.15, 0.2) is 42.5 Å². The minimum atomic E-state index is -0.0942. The second kappa shape index (κ2) is 10.1. The molecule has 1 atom stereocenters. The number of carbonyl (C=O) groups is 2. The van der Waals surface area contributed by atoms with E-state index in [2.05, 4.69) is 29.3 Å². The van der Waals surface area contributed by atoms with E-state index in [1.165, 1.54) is 11.1 Å². The molecule has 0 aromatic heterocycles. The summed E-state index contributed by atoms with van der Waals surface area (Å²) in [5.41, 5.74) is 5.16. The summed E-state index contributed by atoms with van der Waals surface area (Å²) in [6, 6.07) is 12.1. The molecule has 2 aromatic carbocycles. The Kier molecular flexibility index (Phi) is 7.05. The standard InChI is InChI=1S/C27H32N2O3/c1-3-16-29(17-6-15-28-27(31)23-7-4-5-8-25(23)32-2)21-12-13-22-20(18-21)10-9-19-11-14-24(30)26(19)22/h4-5,7-11,14,21H,3,6,12-13,15-18H2,1-2H3,(H,28,31). The number of nitrogens with zero attached hydrogens (tertiary/aromatic N) is 1. The lowest BCUT2D eigenvalue weighted by Crippen LogP contribution is -2.41. The Morgan fingerprint density at radius 2 is 2.00 bits per heavy atom. The third-order valence-corrected chi connectivity index (χ3v) is 6.57. The summed E-state index contributed by atoms with van der Waals surface area (Å²) in [6.45, 7) is 4.84. The number of fused-ring (bicyclic) bond motifs is 3. The Balaban J connectivity index is 1.33. The van der Waals surface area contributed by atoms with Gasteiger partial charge in [-0.3, -0.25) is 14.5 Å². The second-order valence-electron chi connectivity index (χ2n) is 8.61. The highest BCUT2D eigenvalue weighted by Crippen LogP contribution is 2.33. The highest BCUT2D eigenvalue weighted by atomic mass is 16.5. The van der Waals surface area contributed by atoms with Gasteiger partial charge in [0.2, 0.25) is 0 Å². The first-order valence-electron chi connectivity index (χ1n) is 11.6. The van der Waals surface area contributed by atoms with E-state index in [1.807, 2.05) is 18.2 Å². The highest BCUT2D eigenvalue weighted by molar-refractivity contribution is 6.14. The number of allylic oxidation sites excluding steroid dienone is 1. The van der Waals surface area contributed by atoms with Gasteiger partial charge in [-0.2, -0.15) is 0 Å². The molecule has 0 heterocycles. The lowest BCUT2D eigenvalue weighted by molar-refractivity contribution is 0.0945. The Labute approximate surface area is 190 Å². The van der Waals surface area contributed by atoms with E-state index in [1.54, 1.807) is 25.3 Å². The zero-order valence-electron chi connectivity index (χ0n) is 19.0. The molecule has 0 bridgehead atoms. The molecule has 1 amide bonds. The van der Waals surface area contributed by atoms with Crippen LogP contribution in [0.5, 0.6) is 5.75 Å². The minimum absolute atomic E-state index is 0.0942. The summed E-state index contributed by atoms with van der Waals surface area (Å²) in [7, 11) is 1.58. The normalized spacial score (nSPS) is 16.7. The predicted octanol–water partition coefficient (Wildman–Crippen LogP) is 4.29. The topological polar surface area (TPSA) is 58.6 Å². The Morgan fingerprint density at radius 3 is 2.81 bits per heavy atom. The third-order valence-electron chi connectivity index (χ3n) is 6.57. The van der Waals surface area contributed by atoms with E-state index in [0.717, 1.165) is 56.3 Å². The number of hydrogen-bond acceptors (Lipinski definition) is 4.